The minimum atomic E-state index is -0.396. The van der Waals surface area contributed by atoms with Gasteiger partial charge < -0.3 is 24.5 Å². The number of carbonyl (C=O) groups is 1. The number of hydrogen-bond acceptors (Lipinski definition) is 5. The van der Waals surface area contributed by atoms with Gasteiger partial charge in [-0.2, -0.15) is 0 Å². The van der Waals surface area contributed by atoms with Crippen molar-refractivity contribution in [3.63, 3.8) is 0 Å². The van der Waals surface area contributed by atoms with Gasteiger partial charge in [-0.25, -0.2) is 9.79 Å². The molecule has 0 aliphatic heterocycles. The summed E-state index contributed by atoms with van der Waals surface area (Å²) in [6.07, 6.45) is 3.57. The van der Waals surface area contributed by atoms with Crippen LogP contribution in [-0.4, -0.2) is 45.3 Å². The molecule has 0 spiro atoms. The topological polar surface area (TPSA) is 85.1 Å². The molecule has 0 aromatic carbocycles. The SMILES string of the molecule is CCNC(=NCc1cc(C(=O)OC)c(C)o1)NCCCOCC1CC1.I. The first-order valence-corrected chi connectivity index (χ1v) is 8.91. The molecule has 2 N–H and O–H groups in total. The van der Waals surface area contributed by atoms with Crippen LogP contribution in [-0.2, 0) is 16.0 Å². The molecule has 0 atom stereocenters. The summed E-state index contributed by atoms with van der Waals surface area (Å²) in [6, 6.07) is 1.68. The van der Waals surface area contributed by atoms with Crippen LogP contribution in [0.25, 0.3) is 0 Å². The lowest BCUT2D eigenvalue weighted by molar-refractivity contribution is 0.0599. The molecule has 1 aromatic rings. The third kappa shape index (κ3) is 7.94. The maximum Gasteiger partial charge on any atom is 0.341 e. The Morgan fingerprint density at radius 3 is 2.81 bits per heavy atom. The van der Waals surface area contributed by atoms with Gasteiger partial charge in [-0.05, 0) is 45.1 Å². The Kier molecular flexibility index (Phi) is 10.6. The van der Waals surface area contributed by atoms with E-state index in [1.807, 2.05) is 6.92 Å². The van der Waals surface area contributed by atoms with E-state index in [0.717, 1.165) is 44.6 Å². The third-order valence-corrected chi connectivity index (χ3v) is 3.92. The number of halogens is 1. The van der Waals surface area contributed by atoms with Crippen molar-refractivity contribution >= 4 is 35.9 Å². The molecular formula is C18H30IN3O4. The van der Waals surface area contributed by atoms with Crippen molar-refractivity contribution in [2.75, 3.05) is 33.4 Å². The van der Waals surface area contributed by atoms with Crippen molar-refractivity contribution < 1.29 is 18.7 Å². The van der Waals surface area contributed by atoms with Crippen molar-refractivity contribution in [3.05, 3.63) is 23.2 Å². The number of nitrogens with one attached hydrogen (secondary N) is 2. The fourth-order valence-corrected chi connectivity index (χ4v) is 2.35. The van der Waals surface area contributed by atoms with Crippen LogP contribution in [0.15, 0.2) is 15.5 Å². The van der Waals surface area contributed by atoms with E-state index in [-0.39, 0.29) is 24.0 Å². The fraction of sp³-hybridized carbons (Fsp3) is 0.667. The van der Waals surface area contributed by atoms with E-state index in [0.29, 0.717) is 23.6 Å². The fourth-order valence-electron chi connectivity index (χ4n) is 2.35. The van der Waals surface area contributed by atoms with Gasteiger partial charge in [0, 0.05) is 26.3 Å². The maximum absolute atomic E-state index is 11.6. The highest BCUT2D eigenvalue weighted by molar-refractivity contribution is 14.0. The quantitative estimate of drug-likeness (QED) is 0.177. The molecule has 1 heterocycles. The largest absolute Gasteiger partial charge is 0.465 e. The minimum absolute atomic E-state index is 0. The molecule has 0 amide bonds. The molecule has 8 heteroatoms. The van der Waals surface area contributed by atoms with Gasteiger partial charge >= 0.3 is 5.97 Å². The second kappa shape index (κ2) is 12.2. The molecule has 2 rings (SSSR count). The second-order valence-corrected chi connectivity index (χ2v) is 6.17. The molecule has 1 fully saturated rings. The number of methoxy groups -OCH3 is 1. The number of hydrogen-bond donors (Lipinski definition) is 2. The van der Waals surface area contributed by atoms with Gasteiger partial charge in [0.05, 0.1) is 7.11 Å². The van der Waals surface area contributed by atoms with Crippen molar-refractivity contribution in [2.24, 2.45) is 10.9 Å². The van der Waals surface area contributed by atoms with Gasteiger partial charge in [0.2, 0.25) is 0 Å². The summed E-state index contributed by atoms with van der Waals surface area (Å²) < 4.78 is 15.9. The van der Waals surface area contributed by atoms with E-state index in [4.69, 9.17) is 13.9 Å². The van der Waals surface area contributed by atoms with Crippen LogP contribution < -0.4 is 10.6 Å². The molecule has 0 unspecified atom stereocenters. The maximum atomic E-state index is 11.6. The van der Waals surface area contributed by atoms with Gasteiger partial charge in [0.1, 0.15) is 23.6 Å². The van der Waals surface area contributed by atoms with E-state index < -0.39 is 5.97 Å². The zero-order valence-electron chi connectivity index (χ0n) is 15.8. The molecule has 1 saturated carbocycles. The molecule has 1 aliphatic carbocycles. The first-order chi connectivity index (χ1) is 12.1. The smallest absolute Gasteiger partial charge is 0.341 e. The number of guanidine groups is 1. The Morgan fingerprint density at radius 2 is 2.15 bits per heavy atom. The lowest BCUT2D eigenvalue weighted by Gasteiger charge is -2.11. The van der Waals surface area contributed by atoms with Crippen molar-refractivity contribution in [1.82, 2.24) is 10.6 Å². The minimum Gasteiger partial charge on any atom is -0.465 e. The molecule has 1 aliphatic rings. The molecule has 0 bridgehead atoms. The number of carbonyl (C=O) groups excluding carboxylic acids is 1. The Morgan fingerprint density at radius 1 is 1.38 bits per heavy atom. The lowest BCUT2D eigenvalue weighted by Crippen LogP contribution is -2.38. The highest BCUT2D eigenvalue weighted by Gasteiger charge is 2.20. The van der Waals surface area contributed by atoms with Crippen LogP contribution in [0.3, 0.4) is 0 Å². The molecule has 7 nitrogen and oxygen atoms in total. The van der Waals surface area contributed by atoms with Crippen LogP contribution >= 0.6 is 24.0 Å². The molecule has 148 valence electrons. The van der Waals surface area contributed by atoms with Gasteiger partial charge in [-0.3, -0.25) is 0 Å². The summed E-state index contributed by atoms with van der Waals surface area (Å²) in [5.74, 6) is 2.30. The van der Waals surface area contributed by atoms with Crippen LogP contribution in [0.5, 0.6) is 0 Å². The number of ether oxygens (including phenoxy) is 2. The van der Waals surface area contributed by atoms with Crippen LogP contribution in [0.4, 0.5) is 0 Å². The number of esters is 1. The van der Waals surface area contributed by atoms with Crippen LogP contribution in [0.1, 0.15) is 48.1 Å². The number of aryl methyl sites for hydroxylation is 1. The average molecular weight is 479 g/mol. The van der Waals surface area contributed by atoms with E-state index in [1.165, 1.54) is 20.0 Å². The van der Waals surface area contributed by atoms with Crippen molar-refractivity contribution in [2.45, 2.75) is 39.7 Å². The monoisotopic (exact) mass is 479 g/mol. The van der Waals surface area contributed by atoms with Gasteiger partial charge in [-0.1, -0.05) is 0 Å². The predicted molar refractivity (Wildman–Crippen MR) is 111 cm³/mol. The van der Waals surface area contributed by atoms with E-state index >= 15 is 0 Å². The molecule has 26 heavy (non-hydrogen) atoms. The zero-order chi connectivity index (χ0) is 18.1. The van der Waals surface area contributed by atoms with Crippen molar-refractivity contribution in [1.29, 1.82) is 0 Å². The Bertz CT molecular complexity index is 585. The van der Waals surface area contributed by atoms with Crippen molar-refractivity contribution in [3.8, 4) is 0 Å². The number of nitrogens with zero attached hydrogens (tertiary/aromatic N) is 1. The number of furan rings is 1. The Balaban J connectivity index is 0.00000338. The molecular weight excluding hydrogens is 449 g/mol. The van der Waals surface area contributed by atoms with E-state index in [9.17, 15) is 4.79 Å². The summed E-state index contributed by atoms with van der Waals surface area (Å²) in [5.41, 5.74) is 0.443. The number of rotatable bonds is 10. The average Bonchev–Trinajstić information content (AvgIpc) is 3.36. The second-order valence-electron chi connectivity index (χ2n) is 6.17. The first kappa shape index (κ1) is 22.8. The summed E-state index contributed by atoms with van der Waals surface area (Å²) in [5, 5.41) is 6.47. The van der Waals surface area contributed by atoms with E-state index in [2.05, 4.69) is 15.6 Å². The summed E-state index contributed by atoms with van der Waals surface area (Å²) in [6.45, 7) is 7.34. The summed E-state index contributed by atoms with van der Waals surface area (Å²) in [4.78, 5) is 16.1. The Labute approximate surface area is 172 Å². The molecule has 0 radical (unpaired) electrons. The van der Waals surface area contributed by atoms with Gasteiger partial charge in [-0.15, -0.1) is 24.0 Å². The van der Waals surface area contributed by atoms with Gasteiger partial charge in [0.25, 0.3) is 0 Å². The first-order valence-electron chi connectivity index (χ1n) is 8.91. The van der Waals surface area contributed by atoms with Crippen LogP contribution in [0, 0.1) is 12.8 Å². The lowest BCUT2D eigenvalue weighted by atomic mass is 10.2. The highest BCUT2D eigenvalue weighted by Crippen LogP contribution is 2.28. The van der Waals surface area contributed by atoms with Gasteiger partial charge in [0.15, 0.2) is 5.96 Å². The highest BCUT2D eigenvalue weighted by atomic mass is 127. The van der Waals surface area contributed by atoms with E-state index in [1.54, 1.807) is 13.0 Å². The third-order valence-electron chi connectivity index (χ3n) is 3.92. The summed E-state index contributed by atoms with van der Waals surface area (Å²) in [7, 11) is 1.36. The Hall–Kier alpha value is -1.29. The van der Waals surface area contributed by atoms with Crippen LogP contribution in [0.2, 0.25) is 0 Å². The molecule has 0 saturated heterocycles. The zero-order valence-corrected chi connectivity index (χ0v) is 18.1. The summed E-state index contributed by atoms with van der Waals surface area (Å²) >= 11 is 0. The normalized spacial score (nSPS) is 13.9. The number of aliphatic imine (C=N–C) groups is 1. The standard InChI is InChI=1S/C18H29N3O4.HI/c1-4-19-18(20-8-5-9-24-12-14-6-7-14)21-11-15-10-16(13(2)25-15)17(22)23-3;/h10,14H,4-9,11-12H2,1-3H3,(H2,19,20,21);1H. The molecule has 1 aromatic heterocycles. The predicted octanol–water partition coefficient (Wildman–Crippen LogP) is 2.86.